The molecule has 3 heterocycles. The van der Waals surface area contributed by atoms with Gasteiger partial charge < -0.3 is 15.2 Å². The van der Waals surface area contributed by atoms with Crippen molar-refractivity contribution < 1.29 is 9.59 Å². The van der Waals surface area contributed by atoms with Crippen molar-refractivity contribution in [1.82, 2.24) is 20.1 Å². The van der Waals surface area contributed by atoms with Crippen LogP contribution in [0, 0.1) is 5.92 Å². The zero-order chi connectivity index (χ0) is 17.3. The van der Waals surface area contributed by atoms with Gasteiger partial charge >= 0.3 is 0 Å². The fourth-order valence-corrected chi connectivity index (χ4v) is 4.30. The van der Waals surface area contributed by atoms with E-state index in [9.17, 15) is 9.59 Å². The van der Waals surface area contributed by atoms with E-state index in [4.69, 9.17) is 0 Å². The molecule has 1 saturated carbocycles. The molecule has 0 radical (unpaired) electrons. The number of rotatable bonds is 5. The second-order valence-electron chi connectivity index (χ2n) is 7.75. The van der Waals surface area contributed by atoms with Crippen LogP contribution in [0.5, 0.6) is 0 Å². The Hall–Kier alpha value is -1.82. The number of nitrogens with zero attached hydrogens (tertiary/aromatic N) is 2. The summed E-state index contributed by atoms with van der Waals surface area (Å²) in [6.45, 7) is 4.14. The number of nitrogens with one attached hydrogen (secondary N) is 2. The quantitative estimate of drug-likeness (QED) is 0.842. The first-order valence-electron chi connectivity index (χ1n) is 9.61. The van der Waals surface area contributed by atoms with E-state index >= 15 is 0 Å². The average molecular weight is 344 g/mol. The summed E-state index contributed by atoms with van der Waals surface area (Å²) in [6, 6.07) is 3.97. The fourth-order valence-electron chi connectivity index (χ4n) is 4.30. The molecule has 1 aromatic heterocycles. The van der Waals surface area contributed by atoms with E-state index in [1.165, 1.54) is 12.8 Å². The normalized spacial score (nSPS) is 23.7. The van der Waals surface area contributed by atoms with Crippen molar-refractivity contribution in [3.05, 3.63) is 24.0 Å². The van der Waals surface area contributed by atoms with Crippen molar-refractivity contribution in [2.45, 2.75) is 44.1 Å². The number of aromatic nitrogens is 1. The molecule has 0 unspecified atom stereocenters. The highest BCUT2D eigenvalue weighted by molar-refractivity contribution is 5.87. The Morgan fingerprint density at radius 2 is 2.04 bits per heavy atom. The number of hydrogen-bond acceptors (Lipinski definition) is 3. The number of likely N-dealkylation sites (tertiary alicyclic amines) is 1. The molecule has 2 amide bonds. The maximum atomic E-state index is 12.7. The number of aryl methyl sites for hydroxylation is 1. The first kappa shape index (κ1) is 16.6. The average Bonchev–Trinajstić information content (AvgIpc) is 3.29. The summed E-state index contributed by atoms with van der Waals surface area (Å²) in [5.41, 5.74) is 0.723. The summed E-state index contributed by atoms with van der Waals surface area (Å²) >= 11 is 0. The largest absolute Gasteiger partial charge is 0.365 e. The Bertz CT molecular complexity index is 615. The van der Waals surface area contributed by atoms with Gasteiger partial charge in [0.2, 0.25) is 11.8 Å². The molecule has 6 nitrogen and oxygen atoms in total. The van der Waals surface area contributed by atoms with Crippen LogP contribution >= 0.6 is 0 Å². The third kappa shape index (κ3) is 3.45. The van der Waals surface area contributed by atoms with Crippen molar-refractivity contribution in [2.75, 3.05) is 32.7 Å². The van der Waals surface area contributed by atoms with Crippen LogP contribution in [0.1, 0.15) is 37.8 Å². The lowest BCUT2D eigenvalue weighted by Crippen LogP contribution is -2.68. The minimum absolute atomic E-state index is 0.179. The molecule has 2 saturated heterocycles. The zero-order valence-corrected chi connectivity index (χ0v) is 14.8. The number of amides is 2. The predicted molar refractivity (Wildman–Crippen MR) is 95.0 cm³/mol. The molecular weight excluding hydrogens is 316 g/mol. The summed E-state index contributed by atoms with van der Waals surface area (Å²) in [4.78, 5) is 32.7. The second-order valence-corrected chi connectivity index (χ2v) is 7.75. The molecule has 2 aliphatic heterocycles. The Morgan fingerprint density at radius 3 is 2.72 bits per heavy atom. The molecule has 4 rings (SSSR count). The SMILES string of the molecule is O=C(CCc1ccc[nH]1)N1CCC2(CC1)C(=O)NCCN2CC1CC1. The molecule has 3 aliphatic rings. The van der Waals surface area contributed by atoms with Gasteiger partial charge in [0.15, 0.2) is 0 Å². The van der Waals surface area contributed by atoms with Crippen molar-refractivity contribution in [2.24, 2.45) is 5.92 Å². The van der Waals surface area contributed by atoms with Gasteiger partial charge in [0.05, 0.1) is 0 Å². The number of carbonyl (C=O) groups excluding carboxylic acids is 2. The van der Waals surface area contributed by atoms with Gasteiger partial charge in [0.1, 0.15) is 5.54 Å². The predicted octanol–water partition coefficient (Wildman–Crippen LogP) is 1.15. The molecule has 0 bridgehead atoms. The first-order valence-corrected chi connectivity index (χ1v) is 9.61. The first-order chi connectivity index (χ1) is 12.2. The van der Waals surface area contributed by atoms with Gasteiger partial charge in [-0.2, -0.15) is 0 Å². The second kappa shape index (κ2) is 6.83. The number of hydrogen-bond donors (Lipinski definition) is 2. The van der Waals surface area contributed by atoms with Crippen molar-refractivity contribution >= 4 is 11.8 Å². The molecule has 3 fully saturated rings. The Labute approximate surface area is 148 Å². The van der Waals surface area contributed by atoms with Crippen LogP contribution in [-0.4, -0.2) is 64.9 Å². The van der Waals surface area contributed by atoms with Gasteiger partial charge in [0, 0.05) is 51.0 Å². The Kier molecular flexibility index (Phi) is 4.54. The third-order valence-corrected chi connectivity index (χ3v) is 6.08. The fraction of sp³-hybridized carbons (Fsp3) is 0.684. The monoisotopic (exact) mass is 344 g/mol. The highest BCUT2D eigenvalue weighted by Gasteiger charge is 2.49. The minimum Gasteiger partial charge on any atom is -0.365 e. The van der Waals surface area contributed by atoms with E-state index in [1.807, 2.05) is 23.2 Å². The van der Waals surface area contributed by atoms with E-state index < -0.39 is 0 Å². The Morgan fingerprint density at radius 1 is 1.24 bits per heavy atom. The zero-order valence-electron chi connectivity index (χ0n) is 14.8. The molecule has 136 valence electrons. The van der Waals surface area contributed by atoms with Crippen LogP contribution in [0.15, 0.2) is 18.3 Å². The van der Waals surface area contributed by atoms with E-state index in [0.29, 0.717) is 19.5 Å². The smallest absolute Gasteiger partial charge is 0.240 e. The molecule has 0 atom stereocenters. The van der Waals surface area contributed by atoms with Crippen molar-refractivity contribution in [3.63, 3.8) is 0 Å². The maximum absolute atomic E-state index is 12.7. The highest BCUT2D eigenvalue weighted by atomic mass is 16.2. The van der Waals surface area contributed by atoms with Crippen molar-refractivity contribution in [3.8, 4) is 0 Å². The van der Waals surface area contributed by atoms with Gasteiger partial charge in [-0.25, -0.2) is 0 Å². The number of H-pyrrole nitrogens is 1. The third-order valence-electron chi connectivity index (χ3n) is 6.08. The number of aromatic amines is 1. The lowest BCUT2D eigenvalue weighted by atomic mass is 9.82. The molecule has 25 heavy (non-hydrogen) atoms. The van der Waals surface area contributed by atoms with Crippen LogP contribution in [-0.2, 0) is 16.0 Å². The van der Waals surface area contributed by atoms with E-state index in [0.717, 1.165) is 50.5 Å². The van der Waals surface area contributed by atoms with Crippen LogP contribution in [0.25, 0.3) is 0 Å². The summed E-state index contributed by atoms with van der Waals surface area (Å²) < 4.78 is 0. The molecule has 2 N–H and O–H groups in total. The summed E-state index contributed by atoms with van der Waals surface area (Å²) in [6.07, 6.45) is 7.31. The topological polar surface area (TPSA) is 68.4 Å². The number of carbonyl (C=O) groups is 2. The minimum atomic E-state index is -0.378. The molecular formula is C19H28N4O2. The number of piperazine rings is 1. The van der Waals surface area contributed by atoms with Gasteiger partial charge in [-0.15, -0.1) is 0 Å². The molecule has 6 heteroatoms. The summed E-state index contributed by atoms with van der Waals surface area (Å²) in [5, 5.41) is 3.07. The van der Waals surface area contributed by atoms with E-state index in [1.54, 1.807) is 0 Å². The standard InChI is InChI=1S/C19H28N4O2/c24-17(6-5-16-2-1-9-20-16)22-11-7-19(8-12-22)18(25)21-10-13-23(19)14-15-3-4-15/h1-2,9,15,20H,3-8,10-14H2,(H,21,25). The molecule has 1 aromatic rings. The summed E-state index contributed by atoms with van der Waals surface area (Å²) in [5.74, 6) is 1.16. The number of piperidine rings is 1. The van der Waals surface area contributed by atoms with Crippen LogP contribution in [0.2, 0.25) is 0 Å². The van der Waals surface area contributed by atoms with Crippen LogP contribution in [0.3, 0.4) is 0 Å². The van der Waals surface area contributed by atoms with Gasteiger partial charge in [0.25, 0.3) is 0 Å². The van der Waals surface area contributed by atoms with E-state index in [-0.39, 0.29) is 17.4 Å². The lowest BCUT2D eigenvalue weighted by Gasteiger charge is -2.50. The van der Waals surface area contributed by atoms with Crippen LogP contribution in [0.4, 0.5) is 0 Å². The summed E-state index contributed by atoms with van der Waals surface area (Å²) in [7, 11) is 0. The van der Waals surface area contributed by atoms with Gasteiger partial charge in [-0.1, -0.05) is 0 Å². The van der Waals surface area contributed by atoms with Crippen LogP contribution < -0.4 is 5.32 Å². The lowest BCUT2D eigenvalue weighted by molar-refractivity contribution is -0.146. The van der Waals surface area contributed by atoms with E-state index in [2.05, 4.69) is 15.2 Å². The highest BCUT2D eigenvalue weighted by Crippen LogP contribution is 2.37. The van der Waals surface area contributed by atoms with Gasteiger partial charge in [-0.05, 0) is 50.2 Å². The van der Waals surface area contributed by atoms with Gasteiger partial charge in [-0.3, -0.25) is 14.5 Å². The molecule has 0 aromatic carbocycles. The van der Waals surface area contributed by atoms with Crippen molar-refractivity contribution in [1.29, 1.82) is 0 Å². The maximum Gasteiger partial charge on any atom is 0.240 e. The Balaban J connectivity index is 1.35. The molecule has 1 spiro atoms. The molecule has 1 aliphatic carbocycles.